The van der Waals surface area contributed by atoms with Crippen molar-refractivity contribution in [2.24, 2.45) is 10.9 Å². The van der Waals surface area contributed by atoms with Gasteiger partial charge in [0.1, 0.15) is 7.85 Å². The molecule has 0 heterocycles. The molecule has 0 aliphatic carbocycles. The molecule has 11 heavy (non-hydrogen) atoms. The summed E-state index contributed by atoms with van der Waals surface area (Å²) in [6.07, 6.45) is 1.46. The van der Waals surface area contributed by atoms with Crippen molar-refractivity contribution >= 4 is 31.1 Å². The van der Waals surface area contributed by atoms with Crippen molar-refractivity contribution in [1.82, 2.24) is 0 Å². The van der Waals surface area contributed by atoms with Gasteiger partial charge in [0, 0.05) is 10.6 Å². The van der Waals surface area contributed by atoms with Crippen LogP contribution >= 0.6 is 11.6 Å². The van der Waals surface area contributed by atoms with Crippen LogP contribution in [0.25, 0.3) is 0 Å². The Hall–Kier alpha value is -0.955. The van der Waals surface area contributed by atoms with Gasteiger partial charge in [0.15, 0.2) is 0 Å². The predicted molar refractivity (Wildman–Crippen MR) is 48.6 cm³/mol. The van der Waals surface area contributed by atoms with Gasteiger partial charge in [-0.2, -0.15) is 5.10 Å². The minimum Gasteiger partial charge on any atom is -0.323 e. The van der Waals surface area contributed by atoms with Crippen molar-refractivity contribution in [2.75, 3.05) is 0 Å². The number of nitrogens with zero attached hydrogens (tertiary/aromatic N) is 1. The van der Waals surface area contributed by atoms with Crippen LogP contribution in [-0.4, -0.2) is 14.1 Å². The fourth-order valence-electron chi connectivity index (χ4n) is 0.748. The zero-order valence-electron chi connectivity index (χ0n) is 5.79. The Morgan fingerprint density at radius 2 is 2.27 bits per heavy atom. The Bertz CT molecular complexity index is 286. The molecule has 0 spiro atoms. The third-order valence-electron chi connectivity index (χ3n) is 1.27. The second kappa shape index (κ2) is 3.44. The third kappa shape index (κ3) is 1.74. The lowest BCUT2D eigenvalue weighted by molar-refractivity contribution is 1.26. The van der Waals surface area contributed by atoms with Gasteiger partial charge >= 0.3 is 0 Å². The fourth-order valence-corrected chi connectivity index (χ4v) is 0.923. The lowest BCUT2D eigenvalue weighted by atomic mass is 9.94. The molecule has 1 aromatic rings. The molecule has 0 bridgehead atoms. The lowest BCUT2D eigenvalue weighted by Crippen LogP contribution is -2.05. The van der Waals surface area contributed by atoms with Crippen LogP contribution in [0, 0.1) is 0 Å². The topological polar surface area (TPSA) is 38.4 Å². The van der Waals surface area contributed by atoms with Crippen molar-refractivity contribution in [3.05, 3.63) is 28.8 Å². The van der Waals surface area contributed by atoms with E-state index in [9.17, 15) is 0 Å². The van der Waals surface area contributed by atoms with Crippen LogP contribution in [0.2, 0.25) is 5.02 Å². The largest absolute Gasteiger partial charge is 0.323 e. The highest BCUT2D eigenvalue weighted by Gasteiger charge is 1.97. The van der Waals surface area contributed by atoms with Gasteiger partial charge in [-0.1, -0.05) is 35.3 Å². The predicted octanol–water partition coefficient (Wildman–Crippen LogP) is 0.426. The summed E-state index contributed by atoms with van der Waals surface area (Å²) in [4.78, 5) is 0. The van der Waals surface area contributed by atoms with Gasteiger partial charge in [-0.25, -0.2) is 0 Å². The van der Waals surface area contributed by atoms with Gasteiger partial charge in [-0.3, -0.25) is 0 Å². The zero-order chi connectivity index (χ0) is 8.27. The van der Waals surface area contributed by atoms with E-state index in [1.165, 1.54) is 6.21 Å². The van der Waals surface area contributed by atoms with Gasteiger partial charge in [0.05, 0.1) is 6.21 Å². The molecule has 0 amide bonds. The van der Waals surface area contributed by atoms with Crippen LogP contribution < -0.4 is 11.3 Å². The first-order valence-corrected chi connectivity index (χ1v) is 3.40. The second-order valence-electron chi connectivity index (χ2n) is 2.03. The van der Waals surface area contributed by atoms with Crippen LogP contribution in [0.3, 0.4) is 0 Å². The normalized spacial score (nSPS) is 10.6. The number of rotatable bonds is 1. The van der Waals surface area contributed by atoms with E-state index in [0.29, 0.717) is 10.5 Å². The van der Waals surface area contributed by atoms with E-state index >= 15 is 0 Å². The summed E-state index contributed by atoms with van der Waals surface area (Å²) in [7, 11) is 5.52. The summed E-state index contributed by atoms with van der Waals surface area (Å²) >= 11 is 5.80. The molecule has 2 N–H and O–H groups in total. The summed E-state index contributed by atoms with van der Waals surface area (Å²) in [5.74, 6) is 4.95. The average molecular weight is 164 g/mol. The third-order valence-corrected chi connectivity index (χ3v) is 1.71. The Morgan fingerprint density at radius 3 is 2.91 bits per heavy atom. The molecule has 0 atom stereocenters. The molecule has 1 aromatic carbocycles. The number of hydrazone groups is 1. The van der Waals surface area contributed by atoms with E-state index < -0.39 is 0 Å². The quantitative estimate of drug-likeness (QED) is 0.278. The van der Waals surface area contributed by atoms with E-state index in [0.717, 1.165) is 5.56 Å². The minimum absolute atomic E-state index is 0.488. The molecule has 0 aliphatic rings. The van der Waals surface area contributed by atoms with E-state index in [1.807, 2.05) is 0 Å². The monoisotopic (exact) mass is 164 g/mol. The first-order valence-electron chi connectivity index (χ1n) is 3.03. The van der Waals surface area contributed by atoms with Crippen LogP contribution in [0.1, 0.15) is 5.56 Å². The SMILES string of the molecule is [B]c1cccc(/C=N\N)c1Cl. The van der Waals surface area contributed by atoms with Crippen LogP contribution in [-0.2, 0) is 0 Å². The molecule has 1 rings (SSSR count). The molecule has 0 unspecified atom stereocenters. The number of hydrogen-bond donors (Lipinski definition) is 1. The molecule has 0 aromatic heterocycles. The van der Waals surface area contributed by atoms with Gasteiger partial charge in [0.2, 0.25) is 0 Å². The molecule has 2 nitrogen and oxygen atoms in total. The molecule has 4 heteroatoms. The van der Waals surface area contributed by atoms with E-state index in [4.69, 9.17) is 25.3 Å². The highest BCUT2D eigenvalue weighted by Crippen LogP contribution is 2.09. The maximum absolute atomic E-state index is 5.80. The first kappa shape index (κ1) is 8.14. The zero-order valence-corrected chi connectivity index (χ0v) is 6.55. The average Bonchev–Trinajstić information content (AvgIpc) is 1.99. The summed E-state index contributed by atoms with van der Waals surface area (Å²) in [6.45, 7) is 0. The standard InChI is InChI=1S/C7H6BClN2/c8-6-3-1-2-5(4-11-10)7(6)9/h1-4H,10H2/b11-4-. The molecular weight excluding hydrogens is 158 g/mol. The van der Waals surface area contributed by atoms with Crippen molar-refractivity contribution in [3.63, 3.8) is 0 Å². The smallest absolute Gasteiger partial charge is 0.115 e. The number of hydrogen-bond acceptors (Lipinski definition) is 2. The van der Waals surface area contributed by atoms with Crippen LogP contribution in [0.4, 0.5) is 0 Å². The van der Waals surface area contributed by atoms with Crippen molar-refractivity contribution < 1.29 is 0 Å². The van der Waals surface area contributed by atoms with Gasteiger partial charge in [-0.05, 0) is 0 Å². The molecule has 2 radical (unpaired) electrons. The molecule has 0 saturated heterocycles. The first-order chi connectivity index (χ1) is 5.25. The van der Waals surface area contributed by atoms with Crippen molar-refractivity contribution in [1.29, 1.82) is 0 Å². The summed E-state index contributed by atoms with van der Waals surface area (Å²) in [6, 6.07) is 5.30. The Labute approximate surface area is 71.5 Å². The van der Waals surface area contributed by atoms with Crippen molar-refractivity contribution in [3.8, 4) is 0 Å². The van der Waals surface area contributed by atoms with Gasteiger partial charge in [0.25, 0.3) is 0 Å². The summed E-state index contributed by atoms with van der Waals surface area (Å²) in [5, 5.41) is 3.83. The van der Waals surface area contributed by atoms with Gasteiger partial charge in [-0.15, -0.1) is 0 Å². The van der Waals surface area contributed by atoms with Crippen LogP contribution in [0.15, 0.2) is 23.3 Å². The Kier molecular flexibility index (Phi) is 2.55. The summed E-state index contributed by atoms with van der Waals surface area (Å²) in [5.41, 5.74) is 1.26. The molecule has 0 aliphatic heterocycles. The van der Waals surface area contributed by atoms with E-state index in [1.54, 1.807) is 18.2 Å². The molecule has 0 fully saturated rings. The molecule has 54 valence electrons. The number of halogens is 1. The van der Waals surface area contributed by atoms with Gasteiger partial charge < -0.3 is 5.84 Å². The molecular formula is C7H6BClN2. The fraction of sp³-hybridized carbons (Fsp3) is 0. The maximum Gasteiger partial charge on any atom is 0.115 e. The number of nitrogens with two attached hydrogens (primary N) is 1. The number of benzene rings is 1. The summed E-state index contributed by atoms with van der Waals surface area (Å²) < 4.78 is 0. The van der Waals surface area contributed by atoms with E-state index in [2.05, 4.69) is 5.10 Å². The minimum atomic E-state index is 0.488. The maximum atomic E-state index is 5.80. The highest BCUT2D eigenvalue weighted by molar-refractivity contribution is 6.46. The second-order valence-corrected chi connectivity index (χ2v) is 2.41. The van der Waals surface area contributed by atoms with Crippen molar-refractivity contribution in [2.45, 2.75) is 0 Å². The Balaban J connectivity index is 3.16. The van der Waals surface area contributed by atoms with Crippen LogP contribution in [0.5, 0.6) is 0 Å². The molecule has 0 saturated carbocycles. The highest BCUT2D eigenvalue weighted by atomic mass is 35.5. The Morgan fingerprint density at radius 1 is 1.55 bits per heavy atom. The van der Waals surface area contributed by atoms with E-state index in [-0.39, 0.29) is 0 Å². The lowest BCUT2D eigenvalue weighted by Gasteiger charge is -1.99.